The topological polar surface area (TPSA) is 43.4 Å². The highest BCUT2D eigenvalue weighted by Crippen LogP contribution is 2.35. The van der Waals surface area contributed by atoms with Crippen molar-refractivity contribution in [2.24, 2.45) is 5.41 Å². The minimum Gasteiger partial charge on any atom is -0.461 e. The van der Waals surface area contributed by atoms with Crippen molar-refractivity contribution in [2.75, 3.05) is 0 Å². The normalized spacial score (nSPS) is 23.2. The van der Waals surface area contributed by atoms with Gasteiger partial charge in [-0.1, -0.05) is 51.1 Å². The number of carbonyl (C=O) groups excluding carboxylic acids is 2. The molecule has 0 spiro atoms. The molecule has 2 rings (SSSR count). The van der Waals surface area contributed by atoms with E-state index in [4.69, 9.17) is 4.74 Å². The number of cyclic esters (lactones) is 1. The molecule has 1 aliphatic heterocycles. The molecule has 102 valence electrons. The molecular formula is C16H20O3. The molecule has 0 radical (unpaired) electrons. The van der Waals surface area contributed by atoms with E-state index >= 15 is 0 Å². The average Bonchev–Trinajstić information content (AvgIpc) is 2.70. The minimum absolute atomic E-state index is 0.000000000000000444. The second kappa shape index (κ2) is 5.16. The number of rotatable bonds is 3. The number of ether oxygens (including phenoxy) is 1. The summed E-state index contributed by atoms with van der Waals surface area (Å²) < 4.78 is 5.33. The SMILES string of the molecule is CC(C)(C)C(=O)C[C@H]1OC(=O)C[C@H]1c1ccccc1. The van der Waals surface area contributed by atoms with Gasteiger partial charge in [0.15, 0.2) is 0 Å². The van der Waals surface area contributed by atoms with Crippen LogP contribution in [0.4, 0.5) is 0 Å². The summed E-state index contributed by atoms with van der Waals surface area (Å²) in [6.45, 7) is 5.68. The van der Waals surface area contributed by atoms with Gasteiger partial charge in [-0.15, -0.1) is 0 Å². The summed E-state index contributed by atoms with van der Waals surface area (Å²) in [5.41, 5.74) is 0.677. The van der Waals surface area contributed by atoms with E-state index in [0.29, 0.717) is 12.8 Å². The molecule has 0 unspecified atom stereocenters. The third-order valence-electron chi connectivity index (χ3n) is 3.57. The van der Waals surface area contributed by atoms with Gasteiger partial charge in [-0.3, -0.25) is 9.59 Å². The monoisotopic (exact) mass is 260 g/mol. The first-order valence-corrected chi connectivity index (χ1v) is 6.65. The van der Waals surface area contributed by atoms with Crippen molar-refractivity contribution in [3.8, 4) is 0 Å². The Morgan fingerprint density at radius 1 is 1.26 bits per heavy atom. The summed E-state index contributed by atoms with van der Waals surface area (Å²) in [6.07, 6.45) is 0.350. The maximum atomic E-state index is 12.1. The summed E-state index contributed by atoms with van der Waals surface area (Å²) in [7, 11) is 0. The first-order chi connectivity index (χ1) is 8.88. The van der Waals surface area contributed by atoms with E-state index in [1.54, 1.807) is 0 Å². The van der Waals surface area contributed by atoms with Crippen molar-refractivity contribution in [3.05, 3.63) is 35.9 Å². The molecule has 2 atom stereocenters. The quantitative estimate of drug-likeness (QED) is 0.784. The number of Topliss-reactive ketones (excluding diaryl/α,β-unsaturated/α-hetero) is 1. The fourth-order valence-corrected chi connectivity index (χ4v) is 2.32. The van der Waals surface area contributed by atoms with Crippen LogP contribution in [0.5, 0.6) is 0 Å². The average molecular weight is 260 g/mol. The molecule has 0 aromatic heterocycles. The number of ketones is 1. The van der Waals surface area contributed by atoms with Gasteiger partial charge in [-0.25, -0.2) is 0 Å². The number of carbonyl (C=O) groups is 2. The Balaban J connectivity index is 2.15. The van der Waals surface area contributed by atoms with Crippen LogP contribution in [0, 0.1) is 5.41 Å². The molecule has 0 N–H and O–H groups in total. The molecule has 19 heavy (non-hydrogen) atoms. The Bertz CT molecular complexity index is 471. The Hall–Kier alpha value is -1.64. The Kier molecular flexibility index (Phi) is 3.74. The van der Waals surface area contributed by atoms with E-state index in [2.05, 4.69) is 0 Å². The number of hydrogen-bond acceptors (Lipinski definition) is 3. The maximum Gasteiger partial charge on any atom is 0.306 e. The van der Waals surface area contributed by atoms with Crippen LogP contribution < -0.4 is 0 Å². The fourth-order valence-electron chi connectivity index (χ4n) is 2.32. The number of hydrogen-bond donors (Lipinski definition) is 0. The van der Waals surface area contributed by atoms with Gasteiger partial charge in [-0.2, -0.15) is 0 Å². The lowest BCUT2D eigenvalue weighted by Gasteiger charge is -2.22. The van der Waals surface area contributed by atoms with Crippen LogP contribution >= 0.6 is 0 Å². The van der Waals surface area contributed by atoms with Gasteiger partial charge >= 0.3 is 5.97 Å². The molecule has 3 nitrogen and oxygen atoms in total. The Morgan fingerprint density at radius 2 is 1.89 bits per heavy atom. The molecule has 1 fully saturated rings. The molecule has 3 heteroatoms. The second-order valence-electron chi connectivity index (χ2n) is 6.13. The van der Waals surface area contributed by atoms with Crippen molar-refractivity contribution in [2.45, 2.75) is 45.6 Å². The first-order valence-electron chi connectivity index (χ1n) is 6.65. The molecule has 1 aliphatic rings. The van der Waals surface area contributed by atoms with E-state index < -0.39 is 5.41 Å². The van der Waals surface area contributed by atoms with E-state index in [9.17, 15) is 9.59 Å². The predicted octanol–water partition coefficient (Wildman–Crippen LogP) is 3.09. The second-order valence-corrected chi connectivity index (χ2v) is 6.13. The van der Waals surface area contributed by atoms with Crippen LogP contribution in [0.3, 0.4) is 0 Å². The zero-order valence-electron chi connectivity index (χ0n) is 11.7. The van der Waals surface area contributed by atoms with Gasteiger partial charge in [0.2, 0.25) is 0 Å². The van der Waals surface area contributed by atoms with Crippen LogP contribution in [0.25, 0.3) is 0 Å². The summed E-state index contributed by atoms with van der Waals surface area (Å²) in [6, 6.07) is 9.81. The van der Waals surface area contributed by atoms with Crippen molar-refractivity contribution < 1.29 is 14.3 Å². The number of benzene rings is 1. The van der Waals surface area contributed by atoms with Gasteiger partial charge in [0.05, 0.1) is 6.42 Å². The summed E-state index contributed by atoms with van der Waals surface area (Å²) in [4.78, 5) is 23.6. The summed E-state index contributed by atoms with van der Waals surface area (Å²) >= 11 is 0. The molecule has 0 aliphatic carbocycles. The highest BCUT2D eigenvalue weighted by molar-refractivity contribution is 5.85. The molecule has 1 aromatic rings. The van der Waals surface area contributed by atoms with Crippen LogP contribution in [0.1, 0.15) is 45.1 Å². The molecule has 1 aromatic carbocycles. The highest BCUT2D eigenvalue weighted by Gasteiger charge is 2.38. The van der Waals surface area contributed by atoms with Crippen molar-refractivity contribution in [3.63, 3.8) is 0 Å². The zero-order valence-corrected chi connectivity index (χ0v) is 11.7. The van der Waals surface area contributed by atoms with Crippen LogP contribution in [-0.4, -0.2) is 17.9 Å². The largest absolute Gasteiger partial charge is 0.461 e. The van der Waals surface area contributed by atoms with Gasteiger partial charge in [-0.05, 0) is 5.56 Å². The fraction of sp³-hybridized carbons (Fsp3) is 0.500. The molecule has 0 amide bonds. The molecule has 0 bridgehead atoms. The smallest absolute Gasteiger partial charge is 0.306 e. The lowest BCUT2D eigenvalue weighted by molar-refractivity contribution is -0.143. The highest BCUT2D eigenvalue weighted by atomic mass is 16.5. The predicted molar refractivity (Wildman–Crippen MR) is 72.8 cm³/mol. The first kappa shape index (κ1) is 13.8. The van der Waals surface area contributed by atoms with Crippen LogP contribution in [-0.2, 0) is 14.3 Å². The van der Waals surface area contributed by atoms with E-state index in [-0.39, 0.29) is 23.8 Å². The zero-order chi connectivity index (χ0) is 14.0. The van der Waals surface area contributed by atoms with Gasteiger partial charge < -0.3 is 4.74 Å². The van der Waals surface area contributed by atoms with Gasteiger partial charge in [0.25, 0.3) is 0 Å². The van der Waals surface area contributed by atoms with E-state index in [1.807, 2.05) is 51.1 Å². The van der Waals surface area contributed by atoms with Crippen molar-refractivity contribution in [1.29, 1.82) is 0 Å². The molecule has 0 saturated carbocycles. The standard InChI is InChI=1S/C16H20O3/c1-16(2,3)14(17)10-13-12(9-15(18)19-13)11-7-5-4-6-8-11/h4-8,12-13H,9-10H2,1-3H3/t12-,13+/m0/s1. The maximum absolute atomic E-state index is 12.1. The van der Waals surface area contributed by atoms with Crippen LogP contribution in [0.15, 0.2) is 30.3 Å². The lowest BCUT2D eigenvalue weighted by atomic mass is 9.83. The lowest BCUT2D eigenvalue weighted by Crippen LogP contribution is -2.27. The van der Waals surface area contributed by atoms with E-state index in [0.717, 1.165) is 5.56 Å². The molecule has 1 heterocycles. The van der Waals surface area contributed by atoms with Crippen LogP contribution in [0.2, 0.25) is 0 Å². The van der Waals surface area contributed by atoms with Crippen molar-refractivity contribution in [1.82, 2.24) is 0 Å². The third kappa shape index (κ3) is 3.22. The Labute approximate surface area is 114 Å². The van der Waals surface area contributed by atoms with Gasteiger partial charge in [0.1, 0.15) is 11.9 Å². The molecular weight excluding hydrogens is 240 g/mol. The minimum atomic E-state index is -0.393. The Morgan fingerprint density at radius 3 is 2.47 bits per heavy atom. The summed E-state index contributed by atoms with van der Waals surface area (Å²) in [5.74, 6) is -0.0753. The van der Waals surface area contributed by atoms with E-state index in [1.165, 1.54) is 0 Å². The summed E-state index contributed by atoms with van der Waals surface area (Å²) in [5, 5.41) is 0. The molecule has 1 saturated heterocycles. The number of esters is 1. The van der Waals surface area contributed by atoms with Crippen molar-refractivity contribution >= 4 is 11.8 Å². The third-order valence-corrected chi connectivity index (χ3v) is 3.57. The van der Waals surface area contributed by atoms with Gasteiger partial charge in [0, 0.05) is 17.8 Å².